The first-order valence-corrected chi connectivity index (χ1v) is 14.1. The van der Waals surface area contributed by atoms with Crippen LogP contribution in [0.5, 0.6) is 0 Å². The van der Waals surface area contributed by atoms with Crippen LogP contribution >= 0.6 is 34.8 Å². The van der Waals surface area contributed by atoms with Crippen molar-refractivity contribution in [3.05, 3.63) is 62.6 Å². The lowest BCUT2D eigenvalue weighted by Gasteiger charge is -2.31. The highest BCUT2D eigenvalue weighted by molar-refractivity contribution is 7.92. The first kappa shape index (κ1) is 29.2. The van der Waals surface area contributed by atoms with Crippen LogP contribution in [0.1, 0.15) is 37.3 Å². The summed E-state index contributed by atoms with van der Waals surface area (Å²) in [5.41, 5.74) is 1.83. The van der Waals surface area contributed by atoms with E-state index in [1.54, 1.807) is 43.3 Å². The van der Waals surface area contributed by atoms with E-state index in [9.17, 15) is 18.0 Å². The number of amides is 2. The molecule has 2 aromatic rings. The Morgan fingerprint density at radius 3 is 2.31 bits per heavy atom. The average molecular weight is 563 g/mol. The molecule has 2 amide bonds. The SMILES string of the molecule is CC[C@H](C(=O)NC)N(Cc1ccc(Cl)c(Cl)c1)C(=O)CCCN(c1cccc(Cl)c1C)S(C)(=O)=O. The van der Waals surface area contributed by atoms with E-state index in [0.717, 1.165) is 11.8 Å². The van der Waals surface area contributed by atoms with Crippen molar-refractivity contribution in [2.24, 2.45) is 0 Å². The molecule has 0 bridgehead atoms. The fourth-order valence-corrected chi connectivity index (χ4v) is 5.28. The number of nitrogens with one attached hydrogen (secondary N) is 1. The second-order valence-corrected chi connectivity index (χ2v) is 11.3. The Balaban J connectivity index is 2.25. The molecular formula is C24H30Cl3N3O4S. The van der Waals surface area contributed by atoms with E-state index in [1.165, 1.54) is 16.3 Å². The van der Waals surface area contributed by atoms with E-state index in [4.69, 9.17) is 34.8 Å². The molecule has 192 valence electrons. The summed E-state index contributed by atoms with van der Waals surface area (Å²) in [7, 11) is -2.09. The van der Waals surface area contributed by atoms with E-state index in [2.05, 4.69) is 5.32 Å². The number of likely N-dealkylation sites (N-methyl/N-ethyl adjacent to an activating group) is 1. The third-order valence-corrected chi connectivity index (χ3v) is 7.96. The Hall–Kier alpha value is -2.00. The van der Waals surface area contributed by atoms with Crippen LogP contribution in [0.3, 0.4) is 0 Å². The second-order valence-electron chi connectivity index (χ2n) is 8.13. The standard InChI is InChI=1S/C24H30Cl3N3O4S/c1-5-21(24(32)28-3)29(15-17-11-12-19(26)20(27)14-17)23(31)10-7-13-30(35(4,33)34)22-9-6-8-18(25)16(22)2/h6,8-9,11-12,14,21H,5,7,10,13,15H2,1-4H3,(H,28,32)/t21-/m1/s1. The van der Waals surface area contributed by atoms with Crippen LogP contribution in [0.2, 0.25) is 15.1 Å². The molecule has 0 spiro atoms. The van der Waals surface area contributed by atoms with Gasteiger partial charge in [0.1, 0.15) is 6.04 Å². The fourth-order valence-electron chi connectivity index (χ4n) is 3.77. The molecule has 2 aromatic carbocycles. The zero-order valence-corrected chi connectivity index (χ0v) is 23.2. The quantitative estimate of drug-likeness (QED) is 0.415. The minimum absolute atomic E-state index is 0.0421. The Bertz CT molecular complexity index is 1170. The van der Waals surface area contributed by atoms with Gasteiger partial charge in [0.25, 0.3) is 0 Å². The Morgan fingerprint density at radius 2 is 1.74 bits per heavy atom. The van der Waals surface area contributed by atoms with E-state index in [1.807, 2.05) is 6.92 Å². The molecule has 7 nitrogen and oxygen atoms in total. The maximum absolute atomic E-state index is 13.3. The highest BCUT2D eigenvalue weighted by atomic mass is 35.5. The van der Waals surface area contributed by atoms with Gasteiger partial charge in [-0.15, -0.1) is 0 Å². The van der Waals surface area contributed by atoms with Gasteiger partial charge in [0.05, 0.1) is 22.0 Å². The number of halogens is 3. The Kier molecular flexibility index (Phi) is 10.7. The van der Waals surface area contributed by atoms with Crippen molar-refractivity contribution in [3.8, 4) is 0 Å². The normalized spacial score (nSPS) is 12.2. The highest BCUT2D eigenvalue weighted by Crippen LogP contribution is 2.29. The predicted octanol–water partition coefficient (Wildman–Crippen LogP) is 5.05. The molecule has 35 heavy (non-hydrogen) atoms. The number of anilines is 1. The zero-order chi connectivity index (χ0) is 26.3. The van der Waals surface area contributed by atoms with Gasteiger partial charge in [-0.1, -0.05) is 53.9 Å². The van der Waals surface area contributed by atoms with Crippen molar-refractivity contribution >= 4 is 62.3 Å². The topological polar surface area (TPSA) is 86.8 Å². The van der Waals surface area contributed by atoms with E-state index in [0.29, 0.717) is 32.7 Å². The van der Waals surface area contributed by atoms with Gasteiger partial charge in [-0.2, -0.15) is 0 Å². The minimum atomic E-state index is -3.61. The summed E-state index contributed by atoms with van der Waals surface area (Å²) in [6.45, 7) is 3.81. The summed E-state index contributed by atoms with van der Waals surface area (Å²) in [5, 5.41) is 3.80. The number of benzene rings is 2. The Morgan fingerprint density at radius 1 is 1.06 bits per heavy atom. The molecule has 0 saturated carbocycles. The van der Waals surface area contributed by atoms with Crippen molar-refractivity contribution in [3.63, 3.8) is 0 Å². The summed E-state index contributed by atoms with van der Waals surface area (Å²) in [6.07, 6.45) is 1.81. The molecule has 0 heterocycles. The molecule has 2 rings (SSSR count). The highest BCUT2D eigenvalue weighted by Gasteiger charge is 2.28. The molecule has 0 fully saturated rings. The monoisotopic (exact) mass is 561 g/mol. The largest absolute Gasteiger partial charge is 0.357 e. The summed E-state index contributed by atoms with van der Waals surface area (Å²) >= 11 is 18.3. The van der Waals surface area contributed by atoms with Gasteiger partial charge in [-0.3, -0.25) is 13.9 Å². The van der Waals surface area contributed by atoms with Crippen LogP contribution in [-0.2, 0) is 26.2 Å². The number of hydrogen-bond acceptors (Lipinski definition) is 4. The summed E-state index contributed by atoms with van der Waals surface area (Å²) in [4.78, 5) is 27.3. The molecule has 0 aliphatic rings. The summed E-state index contributed by atoms with van der Waals surface area (Å²) in [5.74, 6) is -0.559. The maximum Gasteiger partial charge on any atom is 0.242 e. The maximum atomic E-state index is 13.3. The van der Waals surface area contributed by atoms with E-state index < -0.39 is 16.1 Å². The lowest BCUT2D eigenvalue weighted by Crippen LogP contribution is -2.48. The van der Waals surface area contributed by atoms with Crippen molar-refractivity contribution in [2.75, 3.05) is 24.2 Å². The number of sulfonamides is 1. The van der Waals surface area contributed by atoms with Gasteiger partial charge in [0.15, 0.2) is 0 Å². The van der Waals surface area contributed by atoms with E-state index >= 15 is 0 Å². The van der Waals surface area contributed by atoms with Gasteiger partial charge >= 0.3 is 0 Å². The minimum Gasteiger partial charge on any atom is -0.357 e. The molecule has 0 aliphatic heterocycles. The smallest absolute Gasteiger partial charge is 0.242 e. The Labute approximate surface area is 222 Å². The van der Waals surface area contributed by atoms with Crippen LogP contribution in [0.4, 0.5) is 5.69 Å². The third kappa shape index (κ3) is 7.74. The van der Waals surface area contributed by atoms with Crippen LogP contribution in [0, 0.1) is 6.92 Å². The lowest BCUT2D eigenvalue weighted by atomic mass is 10.1. The van der Waals surface area contributed by atoms with Crippen molar-refractivity contribution in [1.29, 1.82) is 0 Å². The average Bonchev–Trinajstić information content (AvgIpc) is 2.80. The molecule has 1 N–H and O–H groups in total. The lowest BCUT2D eigenvalue weighted by molar-refractivity contribution is -0.141. The van der Waals surface area contributed by atoms with Gasteiger partial charge < -0.3 is 10.2 Å². The molecular weight excluding hydrogens is 533 g/mol. The molecule has 0 unspecified atom stereocenters. The van der Waals surface area contributed by atoms with Crippen molar-refractivity contribution in [2.45, 2.75) is 45.7 Å². The first-order chi connectivity index (χ1) is 16.4. The predicted molar refractivity (Wildman–Crippen MR) is 143 cm³/mol. The molecule has 1 atom stereocenters. The number of hydrogen-bond donors (Lipinski definition) is 1. The van der Waals surface area contributed by atoms with Crippen LogP contribution in [-0.4, -0.2) is 51.0 Å². The second kappa shape index (κ2) is 12.8. The summed E-state index contributed by atoms with van der Waals surface area (Å²) in [6, 6.07) is 9.41. The van der Waals surface area contributed by atoms with Crippen LogP contribution in [0.25, 0.3) is 0 Å². The third-order valence-electron chi connectivity index (χ3n) is 5.63. The van der Waals surface area contributed by atoms with Gasteiger partial charge in [-0.25, -0.2) is 8.42 Å². The molecule has 0 aromatic heterocycles. The zero-order valence-electron chi connectivity index (χ0n) is 20.1. The van der Waals surface area contributed by atoms with Gasteiger partial charge in [0, 0.05) is 31.6 Å². The first-order valence-electron chi connectivity index (χ1n) is 11.1. The number of nitrogens with zero attached hydrogens (tertiary/aromatic N) is 2. The van der Waals surface area contributed by atoms with E-state index in [-0.39, 0.29) is 37.7 Å². The van der Waals surface area contributed by atoms with Crippen LogP contribution < -0.4 is 9.62 Å². The van der Waals surface area contributed by atoms with Gasteiger partial charge in [-0.05, 0) is 55.2 Å². The molecule has 0 saturated heterocycles. The number of rotatable bonds is 11. The number of carbonyl (C=O) groups excluding carboxylic acids is 2. The molecule has 11 heteroatoms. The number of carbonyl (C=O) groups is 2. The van der Waals surface area contributed by atoms with Crippen molar-refractivity contribution < 1.29 is 18.0 Å². The fraction of sp³-hybridized carbons (Fsp3) is 0.417. The van der Waals surface area contributed by atoms with Gasteiger partial charge in [0.2, 0.25) is 21.8 Å². The van der Waals surface area contributed by atoms with Crippen molar-refractivity contribution in [1.82, 2.24) is 10.2 Å². The summed E-state index contributed by atoms with van der Waals surface area (Å²) < 4.78 is 26.3. The van der Waals surface area contributed by atoms with Crippen LogP contribution in [0.15, 0.2) is 36.4 Å². The molecule has 0 radical (unpaired) electrons. The molecule has 0 aliphatic carbocycles.